The van der Waals surface area contributed by atoms with E-state index in [2.05, 4.69) is 26.1 Å². The first-order valence-electron chi connectivity index (χ1n) is 12.8. The van der Waals surface area contributed by atoms with Gasteiger partial charge >= 0.3 is 0 Å². The van der Waals surface area contributed by atoms with E-state index < -0.39 is 0 Å². The van der Waals surface area contributed by atoms with Gasteiger partial charge in [-0.25, -0.2) is 0 Å². The number of methoxy groups -OCH3 is 1. The number of H-pyrrole nitrogens is 1. The van der Waals surface area contributed by atoms with Crippen molar-refractivity contribution in [3.05, 3.63) is 65.2 Å². The van der Waals surface area contributed by atoms with Crippen molar-refractivity contribution in [3.8, 4) is 17.1 Å². The van der Waals surface area contributed by atoms with Crippen LogP contribution < -0.4 is 4.74 Å². The van der Waals surface area contributed by atoms with Crippen molar-refractivity contribution in [2.24, 2.45) is 0 Å². The molecular formula is C28H31N5O3. The van der Waals surface area contributed by atoms with Gasteiger partial charge in [0.25, 0.3) is 5.91 Å². The van der Waals surface area contributed by atoms with Crippen molar-refractivity contribution in [3.63, 3.8) is 0 Å². The number of rotatable bonds is 5. The summed E-state index contributed by atoms with van der Waals surface area (Å²) < 4.78 is 10.7. The second-order valence-electron chi connectivity index (χ2n) is 9.68. The van der Waals surface area contributed by atoms with E-state index in [1.165, 1.54) is 35.9 Å². The summed E-state index contributed by atoms with van der Waals surface area (Å²) in [6.45, 7) is 3.46. The van der Waals surface area contributed by atoms with E-state index in [4.69, 9.17) is 9.26 Å². The number of nitrogens with zero attached hydrogens (tertiary/aromatic N) is 4. The van der Waals surface area contributed by atoms with Crippen LogP contribution >= 0.6 is 0 Å². The minimum atomic E-state index is 0.108. The number of amides is 1. The third kappa shape index (κ3) is 4.37. The Morgan fingerprint density at radius 3 is 2.64 bits per heavy atom. The van der Waals surface area contributed by atoms with Crippen molar-refractivity contribution in [2.75, 3.05) is 33.3 Å². The number of hydrogen-bond acceptors (Lipinski definition) is 6. The Balaban J connectivity index is 1.10. The van der Waals surface area contributed by atoms with E-state index in [0.29, 0.717) is 31.3 Å². The van der Waals surface area contributed by atoms with Gasteiger partial charge in [-0.15, -0.1) is 0 Å². The molecule has 6 rings (SSSR count). The molecule has 0 atom stereocenters. The number of hydrogen-bond donors (Lipinski definition) is 1. The lowest BCUT2D eigenvalue weighted by Gasteiger charge is -2.34. The van der Waals surface area contributed by atoms with Crippen LogP contribution in [-0.4, -0.2) is 64.1 Å². The van der Waals surface area contributed by atoms with Crippen molar-refractivity contribution in [1.29, 1.82) is 0 Å². The third-order valence-electron chi connectivity index (χ3n) is 7.45. The van der Waals surface area contributed by atoms with Crippen LogP contribution in [0, 0.1) is 0 Å². The molecule has 2 aliphatic rings. The highest BCUT2D eigenvalue weighted by Crippen LogP contribution is 2.31. The van der Waals surface area contributed by atoms with E-state index in [1.54, 1.807) is 7.11 Å². The van der Waals surface area contributed by atoms with Gasteiger partial charge in [-0.3, -0.25) is 9.69 Å². The molecule has 186 valence electrons. The third-order valence-corrected chi connectivity index (χ3v) is 7.45. The maximum atomic E-state index is 13.5. The maximum Gasteiger partial charge on any atom is 0.256 e. The molecule has 2 aromatic heterocycles. The molecule has 1 fully saturated rings. The van der Waals surface area contributed by atoms with Crippen molar-refractivity contribution < 1.29 is 14.1 Å². The fourth-order valence-electron chi connectivity index (χ4n) is 5.43. The van der Waals surface area contributed by atoms with Crippen LogP contribution in [0.25, 0.3) is 22.3 Å². The Hall–Kier alpha value is -3.65. The quantitative estimate of drug-likeness (QED) is 0.420. The van der Waals surface area contributed by atoms with Crippen LogP contribution in [0.4, 0.5) is 0 Å². The molecule has 1 N–H and O–H groups in total. The van der Waals surface area contributed by atoms with Gasteiger partial charge in [0.05, 0.1) is 24.7 Å². The Labute approximate surface area is 210 Å². The van der Waals surface area contributed by atoms with E-state index >= 15 is 0 Å². The van der Waals surface area contributed by atoms with Crippen LogP contribution in [0.15, 0.2) is 47.0 Å². The summed E-state index contributed by atoms with van der Waals surface area (Å²) in [6, 6.07) is 13.8. The molecule has 0 unspecified atom stereocenters. The van der Waals surface area contributed by atoms with Crippen LogP contribution in [0.5, 0.6) is 5.75 Å². The molecule has 0 bridgehead atoms. The molecule has 1 amide bonds. The zero-order valence-electron chi connectivity index (χ0n) is 20.6. The maximum absolute atomic E-state index is 13.5. The van der Waals surface area contributed by atoms with Gasteiger partial charge in [-0.2, -0.15) is 4.98 Å². The van der Waals surface area contributed by atoms with Crippen molar-refractivity contribution in [2.45, 2.75) is 38.6 Å². The number of aromatic nitrogens is 3. The standard InChI is InChI=1S/C28H31N5O3/c1-35-20-12-10-19(11-13-20)27-30-25(36-31-27)18-32-14-16-33(17-15-32)28(34)23-8-5-7-22-21-6-3-2-4-9-24(21)29-26(22)23/h5,7-8,10-13,29H,2-4,6,9,14-18H2,1H3. The van der Waals surface area contributed by atoms with Gasteiger partial charge in [0, 0.05) is 42.8 Å². The van der Waals surface area contributed by atoms with Crippen LogP contribution in [0.3, 0.4) is 0 Å². The normalized spacial score (nSPS) is 16.6. The summed E-state index contributed by atoms with van der Waals surface area (Å²) in [5, 5.41) is 5.35. The Morgan fingerprint density at radius 1 is 1.03 bits per heavy atom. The molecule has 0 radical (unpaired) electrons. The molecule has 1 aliphatic heterocycles. The predicted octanol–water partition coefficient (Wildman–Crippen LogP) is 4.45. The Bertz CT molecular complexity index is 1370. The molecule has 1 saturated heterocycles. The first-order chi connectivity index (χ1) is 17.7. The topological polar surface area (TPSA) is 87.5 Å². The molecular weight excluding hydrogens is 454 g/mol. The van der Waals surface area contributed by atoms with Gasteiger partial charge in [0.2, 0.25) is 11.7 Å². The van der Waals surface area contributed by atoms with E-state index in [0.717, 1.165) is 48.3 Å². The molecule has 8 nitrogen and oxygen atoms in total. The molecule has 0 saturated carbocycles. The number of aromatic amines is 1. The number of carbonyl (C=O) groups is 1. The number of para-hydroxylation sites is 1. The minimum Gasteiger partial charge on any atom is -0.497 e. The Morgan fingerprint density at radius 2 is 1.83 bits per heavy atom. The van der Waals surface area contributed by atoms with Crippen LogP contribution in [-0.2, 0) is 19.4 Å². The van der Waals surface area contributed by atoms with Crippen molar-refractivity contribution in [1.82, 2.24) is 24.9 Å². The molecule has 8 heteroatoms. The van der Waals surface area contributed by atoms with Gasteiger partial charge in [-0.1, -0.05) is 23.7 Å². The molecule has 4 aromatic rings. The van der Waals surface area contributed by atoms with Gasteiger partial charge in [0.1, 0.15) is 5.75 Å². The molecule has 36 heavy (non-hydrogen) atoms. The van der Waals surface area contributed by atoms with Gasteiger partial charge < -0.3 is 19.1 Å². The highest BCUT2D eigenvalue weighted by Gasteiger charge is 2.26. The fourth-order valence-corrected chi connectivity index (χ4v) is 5.43. The minimum absolute atomic E-state index is 0.108. The number of carbonyl (C=O) groups excluding carboxylic acids is 1. The van der Waals surface area contributed by atoms with Crippen molar-refractivity contribution >= 4 is 16.8 Å². The summed E-state index contributed by atoms with van der Waals surface area (Å²) >= 11 is 0. The molecule has 2 aromatic carbocycles. The summed E-state index contributed by atoms with van der Waals surface area (Å²) in [6.07, 6.45) is 5.89. The lowest BCUT2D eigenvalue weighted by atomic mass is 10.0. The van der Waals surface area contributed by atoms with Gasteiger partial charge in [-0.05, 0) is 61.6 Å². The van der Waals surface area contributed by atoms with Gasteiger partial charge in [0.15, 0.2) is 0 Å². The van der Waals surface area contributed by atoms with E-state index in [1.807, 2.05) is 41.3 Å². The number of benzene rings is 2. The van der Waals surface area contributed by atoms with E-state index in [9.17, 15) is 4.79 Å². The average molecular weight is 486 g/mol. The SMILES string of the molecule is COc1ccc(-c2noc(CN3CCN(C(=O)c4cccc5c6c([nH]c45)CCCCC6)CC3)n2)cc1. The smallest absolute Gasteiger partial charge is 0.256 e. The lowest BCUT2D eigenvalue weighted by molar-refractivity contribution is 0.0617. The average Bonchev–Trinajstić information content (AvgIpc) is 3.46. The number of nitrogens with one attached hydrogen (secondary N) is 1. The fraction of sp³-hybridized carbons (Fsp3) is 0.393. The number of ether oxygens (including phenoxy) is 1. The van der Waals surface area contributed by atoms with Crippen LogP contribution in [0.2, 0.25) is 0 Å². The highest BCUT2D eigenvalue weighted by atomic mass is 16.5. The van der Waals surface area contributed by atoms with Crippen LogP contribution in [0.1, 0.15) is 46.8 Å². The second kappa shape index (κ2) is 9.78. The summed E-state index contributed by atoms with van der Waals surface area (Å²) in [4.78, 5) is 25.9. The summed E-state index contributed by atoms with van der Waals surface area (Å²) in [5.41, 5.74) is 5.41. The summed E-state index contributed by atoms with van der Waals surface area (Å²) in [7, 11) is 1.64. The number of piperazine rings is 1. The molecule has 0 spiro atoms. The first-order valence-corrected chi connectivity index (χ1v) is 12.8. The second-order valence-corrected chi connectivity index (χ2v) is 9.68. The largest absolute Gasteiger partial charge is 0.497 e. The zero-order valence-corrected chi connectivity index (χ0v) is 20.6. The summed E-state index contributed by atoms with van der Waals surface area (Å²) in [5.74, 6) is 2.05. The molecule has 1 aliphatic carbocycles. The zero-order chi connectivity index (χ0) is 24.5. The monoisotopic (exact) mass is 485 g/mol. The first kappa shape index (κ1) is 22.8. The number of aryl methyl sites for hydroxylation is 2. The highest BCUT2D eigenvalue weighted by molar-refractivity contribution is 6.06. The van der Waals surface area contributed by atoms with E-state index in [-0.39, 0.29) is 5.91 Å². The lowest BCUT2D eigenvalue weighted by Crippen LogP contribution is -2.48. The predicted molar refractivity (Wildman–Crippen MR) is 137 cm³/mol. The Kier molecular flexibility index (Phi) is 6.19. The number of fused-ring (bicyclic) bond motifs is 3. The molecule has 3 heterocycles.